The molecule has 0 unspecified atom stereocenters. The molecule has 16 aromatic rings. The summed E-state index contributed by atoms with van der Waals surface area (Å²) >= 11 is 0. The number of hydrogen-bond donors (Lipinski definition) is 0. The lowest BCUT2D eigenvalue weighted by Crippen LogP contribution is -2.09. The number of benzene rings is 12. The third kappa shape index (κ3) is 11.6. The zero-order valence-corrected chi connectivity index (χ0v) is 49.9. The van der Waals surface area contributed by atoms with Crippen LogP contribution < -0.4 is 9.80 Å². The van der Waals surface area contributed by atoms with E-state index in [9.17, 15) is 0 Å². The molecule has 8 heteroatoms. The van der Waals surface area contributed by atoms with Gasteiger partial charge < -0.3 is 14.4 Å². The highest BCUT2D eigenvalue weighted by atomic mass is 15.2. The fourth-order valence-corrected chi connectivity index (χ4v) is 11.9. The van der Waals surface area contributed by atoms with Gasteiger partial charge in [-0.1, -0.05) is 231 Å². The normalized spacial score (nSPS) is 11.0. The summed E-state index contributed by atoms with van der Waals surface area (Å²) in [4.78, 5) is 24.0. The number of rotatable bonds is 11. The van der Waals surface area contributed by atoms with E-state index >= 15 is 0 Å². The van der Waals surface area contributed by atoms with Crippen LogP contribution in [0.5, 0.6) is 0 Å². The van der Waals surface area contributed by atoms with Crippen LogP contribution in [-0.2, 0) is 7.05 Å². The van der Waals surface area contributed by atoms with E-state index < -0.39 is 0 Å². The maximum atomic E-state index is 5.17. The predicted molar refractivity (Wildman–Crippen MR) is 375 cm³/mol. The zero-order chi connectivity index (χ0) is 60.6. The topological polar surface area (TPSA) is 67.9 Å². The molecule has 90 heavy (non-hydrogen) atoms. The molecule has 0 saturated heterocycles. The lowest BCUT2D eigenvalue weighted by atomic mass is 10.1. The fourth-order valence-electron chi connectivity index (χ4n) is 11.9. The van der Waals surface area contributed by atoms with Gasteiger partial charge in [0.2, 0.25) is 0 Å². The van der Waals surface area contributed by atoms with Gasteiger partial charge in [0.1, 0.15) is 5.82 Å². The summed E-state index contributed by atoms with van der Waals surface area (Å²) in [5.74, 6) is 2.31. The van der Waals surface area contributed by atoms with Crippen molar-refractivity contribution >= 4 is 77.7 Å². The molecule has 0 spiro atoms. The second-order valence-electron chi connectivity index (χ2n) is 22.0. The maximum absolute atomic E-state index is 5.17. The van der Waals surface area contributed by atoms with Crippen LogP contribution in [0.4, 0.5) is 34.1 Å². The fraction of sp³-hybridized carbons (Fsp3) is 0.0244. The molecule has 0 aliphatic heterocycles. The Morgan fingerprint density at radius 1 is 0.256 bits per heavy atom. The van der Waals surface area contributed by atoms with Crippen LogP contribution in [0.25, 0.3) is 94.7 Å². The van der Waals surface area contributed by atoms with Crippen molar-refractivity contribution in [2.75, 3.05) is 9.80 Å². The third-order valence-corrected chi connectivity index (χ3v) is 16.1. The molecule has 0 fully saturated rings. The van der Waals surface area contributed by atoms with Crippen molar-refractivity contribution in [3.05, 3.63) is 345 Å². The lowest BCUT2D eigenvalue weighted by Gasteiger charge is -2.25. The first-order valence-electron chi connectivity index (χ1n) is 30.3. The number of aromatic nitrogens is 6. The minimum Gasteiger partial charge on any atom is -0.344 e. The van der Waals surface area contributed by atoms with E-state index in [1.54, 1.807) is 0 Å². The number of fused-ring (bicyclic) bond motifs is 6. The summed E-state index contributed by atoms with van der Waals surface area (Å²) in [7, 11) is 2.14. The summed E-state index contributed by atoms with van der Waals surface area (Å²) < 4.78 is 4.54. The van der Waals surface area contributed by atoms with Gasteiger partial charge in [-0.15, -0.1) is 0 Å². The Hall–Kier alpha value is -12.0. The first-order chi connectivity index (χ1) is 44.5. The van der Waals surface area contributed by atoms with Crippen LogP contribution in [0, 0.1) is 6.92 Å². The molecule has 8 nitrogen and oxygen atoms in total. The average molecular weight is 1160 g/mol. The van der Waals surface area contributed by atoms with Crippen molar-refractivity contribution in [1.29, 1.82) is 0 Å². The zero-order valence-electron chi connectivity index (χ0n) is 49.9. The van der Waals surface area contributed by atoms with Gasteiger partial charge in [-0.25, -0.2) is 19.9 Å². The van der Waals surface area contributed by atoms with Crippen molar-refractivity contribution in [3.63, 3.8) is 0 Å². The molecular formula is C82H62N8. The van der Waals surface area contributed by atoms with Crippen molar-refractivity contribution in [2.24, 2.45) is 7.05 Å². The Kier molecular flexibility index (Phi) is 15.8. The molecule has 0 radical (unpaired) electrons. The quantitative estimate of drug-likeness (QED) is 0.129. The van der Waals surface area contributed by atoms with E-state index in [0.29, 0.717) is 5.82 Å². The van der Waals surface area contributed by atoms with Crippen molar-refractivity contribution in [3.8, 4) is 51.1 Å². The summed E-state index contributed by atoms with van der Waals surface area (Å²) in [5.41, 5.74) is 18.5. The van der Waals surface area contributed by atoms with Gasteiger partial charge in [0.05, 0.1) is 22.4 Å². The molecule has 0 atom stereocenters. The molecular weight excluding hydrogens is 1100 g/mol. The van der Waals surface area contributed by atoms with Gasteiger partial charge >= 0.3 is 0 Å². The summed E-state index contributed by atoms with van der Waals surface area (Å²) in [6, 6.07) is 118. The molecule has 0 bridgehead atoms. The maximum Gasteiger partial charge on any atom is 0.162 e. The van der Waals surface area contributed by atoms with Crippen LogP contribution in [-0.4, -0.2) is 29.1 Å². The largest absolute Gasteiger partial charge is 0.344 e. The summed E-state index contributed by atoms with van der Waals surface area (Å²) in [6.07, 6.45) is 0. The van der Waals surface area contributed by atoms with Gasteiger partial charge in [-0.05, 0) is 110 Å². The van der Waals surface area contributed by atoms with E-state index in [1.165, 1.54) is 27.2 Å². The first kappa shape index (κ1) is 55.8. The Balaban J connectivity index is 0.000000130. The van der Waals surface area contributed by atoms with E-state index in [4.69, 9.17) is 9.97 Å². The molecule has 0 amide bonds. The molecule has 0 N–H and O–H groups in total. The number of nitrogens with zero attached hydrogens (tertiary/aromatic N) is 8. The standard InChI is InChI=1S/C40H28N4.C25H20N2.C17H14N2/c1-5-15-29(16-6-1)36-28-39(42-40(41-36)30-17-7-2-8-18-30)44-37-24-14-13-23-34(37)35-27-33(25-26-38(35)44)43(31-19-9-3-10-20-31)32-21-11-4-12-22-32;1-26-24-15-9-8-14-22(24)23-18-21(16-17-25(23)26)27(19-10-4-2-5-11-19)20-12-6-3-7-13-20;1-13-12-16(14-8-4-2-5-9-14)19-17(18-13)15-10-6-3-7-11-15/h1-28H;2-18H,1H3;2-12H,1H3. The highest BCUT2D eigenvalue weighted by Crippen LogP contribution is 2.41. The monoisotopic (exact) mass is 1160 g/mol. The second kappa shape index (κ2) is 25.5. The van der Waals surface area contributed by atoms with Crippen LogP contribution in [0.2, 0.25) is 0 Å². The second-order valence-corrected chi connectivity index (χ2v) is 22.0. The highest BCUT2D eigenvalue weighted by Gasteiger charge is 2.20. The van der Waals surface area contributed by atoms with E-state index in [0.717, 1.165) is 102 Å². The predicted octanol–water partition coefficient (Wildman–Crippen LogP) is 21.3. The van der Waals surface area contributed by atoms with Crippen LogP contribution >= 0.6 is 0 Å². The SMILES string of the molecule is Cc1cc(-c2ccccc2)nc(-c2ccccc2)n1.Cn1c2ccccc2c2cc(N(c3ccccc3)c3ccccc3)ccc21.c1ccc(-c2cc(-n3c4ccccc4c4cc(N(c5ccccc5)c5ccccc5)ccc43)nc(-c3ccccc3)n2)cc1. The average Bonchev–Trinajstić information content (AvgIpc) is 1.64. The number of aryl methyl sites for hydroxylation is 2. The molecule has 0 aliphatic rings. The van der Waals surface area contributed by atoms with E-state index in [2.05, 4.69) is 285 Å². The van der Waals surface area contributed by atoms with Crippen LogP contribution in [0.15, 0.2) is 340 Å². The molecule has 0 saturated carbocycles. The number of hydrogen-bond acceptors (Lipinski definition) is 6. The molecule has 16 rings (SSSR count). The van der Waals surface area contributed by atoms with Crippen LogP contribution in [0.1, 0.15) is 5.69 Å². The van der Waals surface area contributed by atoms with Gasteiger partial charge in [0.25, 0.3) is 0 Å². The highest BCUT2D eigenvalue weighted by molar-refractivity contribution is 6.11. The molecule has 12 aromatic carbocycles. The summed E-state index contributed by atoms with van der Waals surface area (Å²) in [5, 5.41) is 4.91. The first-order valence-corrected chi connectivity index (χ1v) is 30.3. The van der Waals surface area contributed by atoms with Gasteiger partial charge in [-0.3, -0.25) is 4.57 Å². The van der Waals surface area contributed by atoms with Crippen molar-refractivity contribution < 1.29 is 0 Å². The third-order valence-electron chi connectivity index (χ3n) is 16.1. The Morgan fingerprint density at radius 2 is 0.578 bits per heavy atom. The van der Waals surface area contributed by atoms with Gasteiger partial charge in [0, 0.05) is 108 Å². The van der Waals surface area contributed by atoms with Gasteiger partial charge in [-0.2, -0.15) is 0 Å². The van der Waals surface area contributed by atoms with Gasteiger partial charge in [0.15, 0.2) is 11.6 Å². The minimum atomic E-state index is 0.698. The van der Waals surface area contributed by atoms with Crippen molar-refractivity contribution in [1.82, 2.24) is 29.1 Å². The Labute approximate surface area is 524 Å². The molecule has 430 valence electrons. The smallest absolute Gasteiger partial charge is 0.162 e. The Morgan fingerprint density at radius 3 is 1.03 bits per heavy atom. The lowest BCUT2D eigenvalue weighted by molar-refractivity contribution is 1.01. The van der Waals surface area contributed by atoms with E-state index in [1.807, 2.05) is 97.9 Å². The number of anilines is 6. The molecule has 0 aliphatic carbocycles. The molecule has 4 heterocycles. The van der Waals surface area contributed by atoms with Crippen molar-refractivity contribution in [2.45, 2.75) is 6.92 Å². The molecule has 4 aromatic heterocycles. The number of para-hydroxylation sites is 6. The minimum absolute atomic E-state index is 0.698. The summed E-state index contributed by atoms with van der Waals surface area (Å²) in [6.45, 7) is 2.00. The van der Waals surface area contributed by atoms with Crippen LogP contribution in [0.3, 0.4) is 0 Å². The van der Waals surface area contributed by atoms with E-state index in [-0.39, 0.29) is 0 Å². The Bertz CT molecular complexity index is 4870.